The second kappa shape index (κ2) is 11.5. The van der Waals surface area contributed by atoms with Crippen LogP contribution in [0.5, 0.6) is 0 Å². The molecular weight excluding hydrogens is 432 g/mol. The van der Waals surface area contributed by atoms with Crippen molar-refractivity contribution in [1.82, 2.24) is 0 Å². The third kappa shape index (κ3) is 5.54. The highest BCUT2D eigenvalue weighted by Gasteiger charge is 2.38. The van der Waals surface area contributed by atoms with Crippen LogP contribution < -0.4 is 0 Å². The average Bonchev–Trinajstić information content (AvgIpc) is 2.95. The van der Waals surface area contributed by atoms with Gasteiger partial charge >= 0.3 is 0 Å². The summed E-state index contributed by atoms with van der Waals surface area (Å²) < 4.78 is 19.4. The van der Waals surface area contributed by atoms with Gasteiger partial charge in [-0.05, 0) is 41.5 Å². The molecule has 3 nitrogen and oxygen atoms in total. The Hall–Kier alpha value is -3.24. The first-order valence-electron chi connectivity index (χ1n) is 12.5. The molecule has 1 fully saturated rings. The second-order valence-electron chi connectivity index (χ2n) is 9.01. The summed E-state index contributed by atoms with van der Waals surface area (Å²) in [6.07, 6.45) is 2.68. The van der Waals surface area contributed by atoms with Gasteiger partial charge in [0.1, 0.15) is 5.60 Å². The highest BCUT2D eigenvalue weighted by atomic mass is 16.7. The lowest BCUT2D eigenvalue weighted by Gasteiger charge is -2.38. The van der Waals surface area contributed by atoms with Gasteiger partial charge in [0.25, 0.3) is 0 Å². The summed E-state index contributed by atoms with van der Waals surface area (Å²) in [7, 11) is 0. The summed E-state index contributed by atoms with van der Waals surface area (Å²) in [5, 5.41) is 0. The Morgan fingerprint density at radius 2 is 1.11 bits per heavy atom. The molecule has 1 aliphatic rings. The Morgan fingerprint density at radius 3 is 1.63 bits per heavy atom. The van der Waals surface area contributed by atoms with Crippen molar-refractivity contribution < 1.29 is 14.2 Å². The average molecular weight is 465 g/mol. The normalized spacial score (nSPS) is 18.3. The lowest BCUT2D eigenvalue weighted by Crippen LogP contribution is -2.39. The largest absolute Gasteiger partial charge is 0.358 e. The highest BCUT2D eigenvalue weighted by Crippen LogP contribution is 2.41. The Labute approximate surface area is 208 Å². The van der Waals surface area contributed by atoms with Gasteiger partial charge in [-0.15, -0.1) is 0 Å². The van der Waals surface area contributed by atoms with E-state index in [1.165, 1.54) is 0 Å². The maximum atomic E-state index is 6.96. The van der Waals surface area contributed by atoms with E-state index in [-0.39, 0.29) is 12.4 Å². The third-order valence-electron chi connectivity index (χ3n) is 6.62. The second-order valence-corrected chi connectivity index (χ2v) is 9.01. The van der Waals surface area contributed by atoms with Crippen LogP contribution in [0.1, 0.15) is 41.5 Å². The fourth-order valence-corrected chi connectivity index (χ4v) is 4.86. The molecule has 0 amide bonds. The van der Waals surface area contributed by atoms with Crippen molar-refractivity contribution in [2.45, 2.75) is 43.9 Å². The van der Waals surface area contributed by atoms with E-state index in [2.05, 4.69) is 84.9 Å². The zero-order valence-electron chi connectivity index (χ0n) is 20.0. The fraction of sp³-hybridized carbons (Fsp3) is 0.250. The van der Waals surface area contributed by atoms with Crippen LogP contribution in [-0.4, -0.2) is 19.0 Å². The van der Waals surface area contributed by atoms with Crippen molar-refractivity contribution in [2.24, 2.45) is 0 Å². The lowest BCUT2D eigenvalue weighted by atomic mass is 9.80. The minimum Gasteiger partial charge on any atom is -0.358 e. The van der Waals surface area contributed by atoms with E-state index in [0.29, 0.717) is 13.2 Å². The molecule has 0 spiro atoms. The van der Waals surface area contributed by atoms with E-state index in [1.807, 2.05) is 36.4 Å². The van der Waals surface area contributed by atoms with E-state index in [0.717, 1.165) is 41.5 Å². The van der Waals surface area contributed by atoms with Gasteiger partial charge in [-0.25, -0.2) is 0 Å². The molecule has 0 bridgehead atoms. The number of hydrogen-bond donors (Lipinski definition) is 0. The molecule has 0 saturated carbocycles. The predicted molar refractivity (Wildman–Crippen MR) is 139 cm³/mol. The molecule has 0 aliphatic carbocycles. The monoisotopic (exact) mass is 464 g/mol. The van der Waals surface area contributed by atoms with Crippen LogP contribution in [0.25, 0.3) is 0 Å². The van der Waals surface area contributed by atoms with E-state index in [9.17, 15) is 0 Å². The van der Waals surface area contributed by atoms with Crippen LogP contribution in [-0.2, 0) is 26.4 Å². The molecule has 1 saturated heterocycles. The van der Waals surface area contributed by atoms with Gasteiger partial charge in [0, 0.05) is 0 Å². The Balaban J connectivity index is 1.38. The summed E-state index contributed by atoms with van der Waals surface area (Å²) in [6, 6.07) is 41.7. The van der Waals surface area contributed by atoms with Gasteiger partial charge < -0.3 is 14.2 Å². The summed E-state index contributed by atoms with van der Waals surface area (Å²) in [6.45, 7) is 1.03. The number of benzene rings is 4. The standard InChI is InChI=1S/C32H32O3/c1-5-14-26(15-6-1)24-33-31-23-13-22-30(35-31)25-34-32(27-16-7-2-8-17-27,28-18-9-3-10-19-28)29-20-11-4-12-21-29/h1-12,14-21,30-31H,13,22-25H2. The van der Waals surface area contributed by atoms with E-state index >= 15 is 0 Å². The fourth-order valence-electron chi connectivity index (χ4n) is 4.86. The van der Waals surface area contributed by atoms with Gasteiger partial charge in [0.15, 0.2) is 6.29 Å². The van der Waals surface area contributed by atoms with Crippen LogP contribution in [0, 0.1) is 0 Å². The molecule has 2 unspecified atom stereocenters. The van der Waals surface area contributed by atoms with Crippen molar-refractivity contribution in [3.8, 4) is 0 Å². The van der Waals surface area contributed by atoms with E-state index in [1.54, 1.807) is 0 Å². The molecule has 5 rings (SSSR count). The first-order valence-corrected chi connectivity index (χ1v) is 12.5. The van der Waals surface area contributed by atoms with Crippen molar-refractivity contribution in [1.29, 1.82) is 0 Å². The molecule has 1 heterocycles. The van der Waals surface area contributed by atoms with Gasteiger partial charge in [0.2, 0.25) is 0 Å². The van der Waals surface area contributed by atoms with Crippen molar-refractivity contribution in [3.63, 3.8) is 0 Å². The Morgan fingerprint density at radius 1 is 0.629 bits per heavy atom. The topological polar surface area (TPSA) is 27.7 Å². The predicted octanol–water partition coefficient (Wildman–Crippen LogP) is 7.11. The molecule has 0 N–H and O–H groups in total. The SMILES string of the molecule is c1ccc(COC2CCCC(COC(c3ccccc3)(c3ccccc3)c3ccccc3)O2)cc1. The molecule has 35 heavy (non-hydrogen) atoms. The molecule has 1 aliphatic heterocycles. The summed E-state index contributed by atoms with van der Waals surface area (Å²) in [4.78, 5) is 0. The summed E-state index contributed by atoms with van der Waals surface area (Å²) >= 11 is 0. The summed E-state index contributed by atoms with van der Waals surface area (Å²) in [5.74, 6) is 0. The number of hydrogen-bond acceptors (Lipinski definition) is 3. The zero-order valence-corrected chi connectivity index (χ0v) is 20.0. The van der Waals surface area contributed by atoms with Crippen LogP contribution in [0.3, 0.4) is 0 Å². The molecule has 3 heteroatoms. The van der Waals surface area contributed by atoms with Crippen LogP contribution >= 0.6 is 0 Å². The lowest BCUT2D eigenvalue weighted by molar-refractivity contribution is -0.215. The minimum atomic E-state index is -0.731. The molecular formula is C32H32O3. The smallest absolute Gasteiger partial charge is 0.158 e. The zero-order chi connectivity index (χ0) is 23.8. The molecule has 2 atom stereocenters. The maximum absolute atomic E-state index is 6.96. The first-order chi connectivity index (χ1) is 17.3. The molecule has 0 radical (unpaired) electrons. The Bertz CT molecular complexity index is 1050. The number of ether oxygens (including phenoxy) is 3. The minimum absolute atomic E-state index is 0.0277. The van der Waals surface area contributed by atoms with E-state index in [4.69, 9.17) is 14.2 Å². The van der Waals surface area contributed by atoms with Gasteiger partial charge in [-0.2, -0.15) is 0 Å². The highest BCUT2D eigenvalue weighted by molar-refractivity contribution is 5.47. The molecule has 4 aromatic carbocycles. The maximum Gasteiger partial charge on any atom is 0.158 e. The van der Waals surface area contributed by atoms with Gasteiger partial charge in [-0.1, -0.05) is 121 Å². The quantitative estimate of drug-likeness (QED) is 0.247. The molecule has 0 aromatic heterocycles. The van der Waals surface area contributed by atoms with Gasteiger partial charge in [-0.3, -0.25) is 0 Å². The van der Waals surface area contributed by atoms with Gasteiger partial charge in [0.05, 0.1) is 19.3 Å². The van der Waals surface area contributed by atoms with Crippen molar-refractivity contribution in [2.75, 3.05) is 6.61 Å². The third-order valence-corrected chi connectivity index (χ3v) is 6.62. The van der Waals surface area contributed by atoms with Crippen LogP contribution in [0.15, 0.2) is 121 Å². The molecule has 178 valence electrons. The van der Waals surface area contributed by atoms with E-state index < -0.39 is 5.60 Å². The Kier molecular flexibility index (Phi) is 7.69. The summed E-state index contributed by atoms with van der Waals surface area (Å²) in [5.41, 5.74) is 3.73. The number of rotatable bonds is 9. The van der Waals surface area contributed by atoms with Crippen LogP contribution in [0.4, 0.5) is 0 Å². The van der Waals surface area contributed by atoms with Crippen molar-refractivity contribution >= 4 is 0 Å². The first kappa shape index (κ1) is 23.5. The van der Waals surface area contributed by atoms with Crippen LogP contribution in [0.2, 0.25) is 0 Å². The van der Waals surface area contributed by atoms with Crippen molar-refractivity contribution in [3.05, 3.63) is 144 Å². The molecule has 4 aromatic rings.